The molecule has 0 bridgehead atoms. The number of carboxylic acids is 1. The highest BCUT2D eigenvalue weighted by molar-refractivity contribution is 7.97. The molecule has 0 aliphatic rings. The molecule has 3 aromatic heterocycles. The summed E-state index contributed by atoms with van der Waals surface area (Å²) in [5.74, 6) is 0.113. The Kier molecular flexibility index (Phi) is 13.9. The standard InChI is InChI=1S/C13H15NO.C12H13NO2.C12H13NO.C2H6S/c1-9(7-10(2)15)12-8-14-13-6-4-3-5-11(12)13;1-8(6-12(14)15)10-7-13-11-5-3-2-4-9(10)11;1-9(6-7-14)11-8-13-12-5-3-2-4-10(11)12;1-3-2/h3-6,8-9,14H,7H2,1-2H3;2-5,7-8,13H,6H2,1H3,(H,14,15);2-5,7-9,13H,6H2,1H3;1-2H3/t9-;8-;9-;/m111./s1/i;;;1T. The molecular weight excluding hydrogens is 607 g/mol. The average molecular weight is 656 g/mol. The van der Waals surface area contributed by atoms with E-state index in [0.717, 1.165) is 33.8 Å². The predicted octanol–water partition coefficient (Wildman–Crippen LogP) is 9.84. The third kappa shape index (κ3) is 10.5. The van der Waals surface area contributed by atoms with Crippen LogP contribution in [-0.4, -0.2) is 50.6 Å². The summed E-state index contributed by atoms with van der Waals surface area (Å²) in [5.41, 5.74) is 6.88. The topological polar surface area (TPSA) is 119 Å². The fourth-order valence-corrected chi connectivity index (χ4v) is 5.69. The van der Waals surface area contributed by atoms with E-state index in [4.69, 9.17) is 6.48 Å². The van der Waals surface area contributed by atoms with E-state index >= 15 is 0 Å². The number of aromatic nitrogens is 3. The van der Waals surface area contributed by atoms with Crippen LogP contribution in [0.2, 0.25) is 0 Å². The second-order valence-electron chi connectivity index (χ2n) is 11.8. The van der Waals surface area contributed by atoms with Gasteiger partial charge in [-0.1, -0.05) is 75.4 Å². The van der Waals surface area contributed by atoms with E-state index in [-0.39, 0.29) is 18.1 Å². The van der Waals surface area contributed by atoms with E-state index in [1.165, 1.54) is 33.7 Å². The average Bonchev–Trinajstić information content (AvgIpc) is 3.82. The summed E-state index contributed by atoms with van der Waals surface area (Å²) in [7, 11) is 0. The molecule has 7 nitrogen and oxygen atoms in total. The number of aliphatic carboxylic acids is 1. The Bertz CT molecular complexity index is 1800. The van der Waals surface area contributed by atoms with Crippen molar-refractivity contribution in [3.8, 4) is 0 Å². The molecule has 0 aliphatic heterocycles. The summed E-state index contributed by atoms with van der Waals surface area (Å²) >= 11 is 1.52. The van der Waals surface area contributed by atoms with Crippen LogP contribution in [0, 0.1) is 0 Å². The number of hydrogen-bond acceptors (Lipinski definition) is 4. The van der Waals surface area contributed by atoms with Gasteiger partial charge in [-0.25, -0.2) is 0 Å². The lowest BCUT2D eigenvalue weighted by Gasteiger charge is -2.07. The summed E-state index contributed by atoms with van der Waals surface area (Å²) in [6, 6.07) is 24.3. The van der Waals surface area contributed by atoms with Crippen LogP contribution in [0.3, 0.4) is 0 Å². The summed E-state index contributed by atoms with van der Waals surface area (Å²) in [5, 5.41) is 12.3. The molecule has 4 N–H and O–H groups in total. The highest BCUT2D eigenvalue weighted by Gasteiger charge is 2.14. The van der Waals surface area contributed by atoms with Gasteiger partial charge >= 0.3 is 5.97 Å². The van der Waals surface area contributed by atoms with Gasteiger partial charge in [0.1, 0.15) is 12.1 Å². The number of thioether (sulfide) groups is 1. The SMILES string of the molecule is CC(=O)C[C@@H](C)c1c[nH]c2ccccc12.C[C@H](CC(=O)O)c1c[nH]c2ccccc12.C[C@H](CC=O)c1c[nH]c2ccccc12.[3H]CSC. The lowest BCUT2D eigenvalue weighted by molar-refractivity contribution is -0.137. The number of hydrogen-bond donors (Lipinski definition) is 4. The number of H-pyrrole nitrogens is 3. The Labute approximate surface area is 283 Å². The summed E-state index contributed by atoms with van der Waals surface area (Å²) < 4.78 is 6.41. The van der Waals surface area contributed by atoms with Crippen molar-refractivity contribution in [2.75, 3.05) is 12.5 Å². The van der Waals surface area contributed by atoms with E-state index in [2.05, 4.69) is 47.0 Å². The first kappa shape index (κ1) is 35.3. The predicted molar refractivity (Wildman–Crippen MR) is 198 cm³/mol. The summed E-state index contributed by atoms with van der Waals surface area (Å²) in [4.78, 5) is 41.7. The van der Waals surface area contributed by atoms with Crippen LogP contribution in [0.5, 0.6) is 0 Å². The molecule has 0 spiro atoms. The second-order valence-corrected chi connectivity index (χ2v) is 12.3. The molecule has 0 fully saturated rings. The van der Waals surface area contributed by atoms with Crippen LogP contribution >= 0.6 is 11.8 Å². The molecule has 0 unspecified atom stereocenters. The first-order valence-corrected chi connectivity index (χ1v) is 17.1. The molecule has 3 aromatic carbocycles. The molecule has 0 aliphatic carbocycles. The molecule has 6 rings (SSSR count). The largest absolute Gasteiger partial charge is 0.481 e. The van der Waals surface area contributed by atoms with Gasteiger partial charge in [0.2, 0.25) is 0 Å². The van der Waals surface area contributed by atoms with Crippen molar-refractivity contribution in [1.82, 2.24) is 15.0 Å². The number of aromatic amines is 3. The van der Waals surface area contributed by atoms with E-state index in [1.807, 2.05) is 86.4 Å². The first-order valence-electron chi connectivity index (χ1n) is 16.4. The van der Waals surface area contributed by atoms with Crippen LogP contribution in [0.25, 0.3) is 32.7 Å². The highest BCUT2D eigenvalue weighted by atomic mass is 32.2. The van der Waals surface area contributed by atoms with Crippen LogP contribution < -0.4 is 0 Å². The highest BCUT2D eigenvalue weighted by Crippen LogP contribution is 2.29. The minimum atomic E-state index is -0.757. The van der Waals surface area contributed by atoms with E-state index < -0.39 is 5.97 Å². The van der Waals surface area contributed by atoms with Crippen molar-refractivity contribution >= 4 is 62.5 Å². The van der Waals surface area contributed by atoms with Crippen molar-refractivity contribution < 1.29 is 20.9 Å². The zero-order valence-corrected chi connectivity index (χ0v) is 28.7. The molecule has 0 saturated heterocycles. The normalized spacial score (nSPS) is 12.7. The van der Waals surface area contributed by atoms with Crippen molar-refractivity contribution in [2.45, 2.75) is 64.7 Å². The molecular formula is C39H47N3O4S. The van der Waals surface area contributed by atoms with Gasteiger partial charge in [-0.3, -0.25) is 4.79 Å². The van der Waals surface area contributed by atoms with Gasteiger partial charge in [0, 0.05) is 65.5 Å². The third-order valence-corrected chi connectivity index (χ3v) is 7.98. The number of Topliss-reactive ketones (excluding diaryl/α,β-unsaturated/α-hetero) is 1. The maximum Gasteiger partial charge on any atom is 0.303 e. The Hall–Kier alpha value is -4.56. The number of nitrogens with one attached hydrogen (secondary N) is 3. The summed E-state index contributed by atoms with van der Waals surface area (Å²) in [6.07, 6.45) is 10.7. The Morgan fingerprint density at radius 3 is 1.43 bits per heavy atom. The Balaban J connectivity index is 0.000000185. The number of aldehydes is 1. The molecule has 3 atom stereocenters. The van der Waals surface area contributed by atoms with Gasteiger partial charge in [-0.05, 0) is 72.1 Å². The van der Waals surface area contributed by atoms with Gasteiger partial charge < -0.3 is 29.6 Å². The van der Waals surface area contributed by atoms with E-state index in [9.17, 15) is 14.4 Å². The van der Waals surface area contributed by atoms with Crippen molar-refractivity contribution in [3.63, 3.8) is 0 Å². The molecule has 0 amide bonds. The maximum atomic E-state index is 11.1. The molecule has 6 aromatic rings. The minimum absolute atomic E-state index is 0.0404. The molecule has 3 heterocycles. The van der Waals surface area contributed by atoms with Crippen LogP contribution in [0.15, 0.2) is 91.4 Å². The molecule has 0 saturated carbocycles. The second kappa shape index (κ2) is 18.6. The quantitative estimate of drug-likeness (QED) is 0.116. The number of carboxylic acid groups (broad SMARTS) is 1. The van der Waals surface area contributed by atoms with Crippen molar-refractivity contribution in [1.29, 1.82) is 0 Å². The maximum absolute atomic E-state index is 11.1. The van der Waals surface area contributed by atoms with Gasteiger partial charge in [-0.15, -0.1) is 0 Å². The lowest BCUT2D eigenvalue weighted by Crippen LogP contribution is -2.02. The smallest absolute Gasteiger partial charge is 0.303 e. The first-order chi connectivity index (χ1) is 23.1. The van der Waals surface area contributed by atoms with Crippen molar-refractivity contribution in [3.05, 3.63) is 108 Å². The minimum Gasteiger partial charge on any atom is -0.481 e. The van der Waals surface area contributed by atoms with E-state index in [0.29, 0.717) is 30.9 Å². The molecule has 0 radical (unpaired) electrons. The number of rotatable bonds is 9. The fraction of sp³-hybridized carbons (Fsp3) is 0.308. The number of para-hydroxylation sites is 3. The molecule has 248 valence electrons. The number of ketones is 1. The number of fused-ring (bicyclic) bond motifs is 3. The van der Waals surface area contributed by atoms with Crippen LogP contribution in [0.4, 0.5) is 0 Å². The zero-order valence-electron chi connectivity index (χ0n) is 28.9. The zero-order chi connectivity index (χ0) is 35.1. The van der Waals surface area contributed by atoms with Crippen molar-refractivity contribution in [2.24, 2.45) is 0 Å². The van der Waals surface area contributed by atoms with Gasteiger partial charge in [0.15, 0.2) is 0 Å². The number of benzene rings is 3. The fourth-order valence-electron chi connectivity index (χ4n) is 5.69. The third-order valence-electron chi connectivity index (χ3n) is 7.98. The van der Waals surface area contributed by atoms with Crippen LogP contribution in [-0.2, 0) is 14.4 Å². The van der Waals surface area contributed by atoms with Crippen LogP contribution in [0.1, 0.15) is 82.8 Å². The Morgan fingerprint density at radius 1 is 0.723 bits per heavy atom. The van der Waals surface area contributed by atoms with Gasteiger partial charge in [0.05, 0.1) is 6.42 Å². The number of carbonyl (C=O) groups is 3. The summed E-state index contributed by atoms with van der Waals surface area (Å²) in [6.45, 7) is 7.75. The lowest BCUT2D eigenvalue weighted by atomic mass is 9.96. The van der Waals surface area contributed by atoms with Gasteiger partial charge in [0.25, 0.3) is 0 Å². The Morgan fingerprint density at radius 2 is 1.09 bits per heavy atom. The molecule has 8 heteroatoms. The molecule has 47 heavy (non-hydrogen) atoms. The van der Waals surface area contributed by atoms with Gasteiger partial charge in [-0.2, -0.15) is 11.8 Å². The number of carbonyl (C=O) groups excluding carboxylic acids is 2. The monoisotopic (exact) mass is 655 g/mol. The van der Waals surface area contributed by atoms with E-state index in [1.54, 1.807) is 6.92 Å².